The van der Waals surface area contributed by atoms with Crippen LogP contribution in [0.1, 0.15) is 29.6 Å². The SMILES string of the molecule is COc1cc(NC(=O)N(C)C2CCC2)ccc1C(=O)O. The van der Waals surface area contributed by atoms with Gasteiger partial charge in [0.1, 0.15) is 11.3 Å². The molecule has 0 aliphatic heterocycles. The number of amides is 2. The summed E-state index contributed by atoms with van der Waals surface area (Å²) < 4.78 is 5.02. The number of benzene rings is 1. The van der Waals surface area contributed by atoms with Crippen molar-refractivity contribution in [1.82, 2.24) is 4.90 Å². The van der Waals surface area contributed by atoms with E-state index in [0.717, 1.165) is 19.3 Å². The first-order chi connectivity index (χ1) is 9.52. The molecule has 2 N–H and O–H groups in total. The van der Waals surface area contributed by atoms with Gasteiger partial charge in [0.05, 0.1) is 7.11 Å². The number of rotatable bonds is 4. The summed E-state index contributed by atoms with van der Waals surface area (Å²) in [4.78, 5) is 24.7. The predicted molar refractivity (Wildman–Crippen MR) is 74.4 cm³/mol. The summed E-state index contributed by atoms with van der Waals surface area (Å²) in [6, 6.07) is 4.59. The molecule has 0 bridgehead atoms. The van der Waals surface area contributed by atoms with Crippen LogP contribution >= 0.6 is 0 Å². The van der Waals surface area contributed by atoms with Crippen LogP contribution in [0.25, 0.3) is 0 Å². The van der Waals surface area contributed by atoms with Crippen molar-refractivity contribution in [2.24, 2.45) is 0 Å². The van der Waals surface area contributed by atoms with E-state index in [1.807, 2.05) is 0 Å². The molecule has 0 unspecified atom stereocenters. The number of anilines is 1. The molecule has 0 atom stereocenters. The quantitative estimate of drug-likeness (QED) is 0.886. The molecule has 0 aromatic heterocycles. The minimum atomic E-state index is -1.06. The third-order valence-corrected chi connectivity index (χ3v) is 3.63. The van der Waals surface area contributed by atoms with Gasteiger partial charge in [0.15, 0.2) is 0 Å². The van der Waals surface area contributed by atoms with Crippen LogP contribution in [0.5, 0.6) is 5.75 Å². The molecular formula is C14H18N2O4. The van der Waals surface area contributed by atoms with Crippen LogP contribution in [0.15, 0.2) is 18.2 Å². The molecule has 1 aromatic rings. The van der Waals surface area contributed by atoms with Gasteiger partial charge in [-0.2, -0.15) is 0 Å². The lowest BCUT2D eigenvalue weighted by atomic mass is 9.92. The first-order valence-electron chi connectivity index (χ1n) is 6.48. The van der Waals surface area contributed by atoms with Gasteiger partial charge in [-0.3, -0.25) is 0 Å². The zero-order valence-corrected chi connectivity index (χ0v) is 11.5. The Morgan fingerprint density at radius 3 is 2.60 bits per heavy atom. The van der Waals surface area contributed by atoms with Gasteiger partial charge in [-0.1, -0.05) is 0 Å². The topological polar surface area (TPSA) is 78.9 Å². The molecule has 108 valence electrons. The van der Waals surface area contributed by atoms with Crippen molar-refractivity contribution in [3.05, 3.63) is 23.8 Å². The second-order valence-corrected chi connectivity index (χ2v) is 4.85. The Bertz CT molecular complexity index is 526. The number of nitrogens with zero attached hydrogens (tertiary/aromatic N) is 1. The molecule has 2 rings (SSSR count). The smallest absolute Gasteiger partial charge is 0.339 e. The van der Waals surface area contributed by atoms with Gasteiger partial charge in [0.25, 0.3) is 0 Å². The molecule has 2 amide bonds. The lowest BCUT2D eigenvalue weighted by Crippen LogP contribution is -2.43. The number of nitrogens with one attached hydrogen (secondary N) is 1. The number of carboxylic acid groups (broad SMARTS) is 1. The Labute approximate surface area is 117 Å². The number of carbonyl (C=O) groups is 2. The van der Waals surface area contributed by atoms with E-state index in [-0.39, 0.29) is 17.3 Å². The summed E-state index contributed by atoms with van der Waals surface area (Å²) in [6.07, 6.45) is 3.22. The number of aromatic carboxylic acids is 1. The number of urea groups is 1. The van der Waals surface area contributed by atoms with Crippen LogP contribution in [-0.4, -0.2) is 42.2 Å². The first kappa shape index (κ1) is 14.2. The fraction of sp³-hybridized carbons (Fsp3) is 0.429. The Morgan fingerprint density at radius 1 is 1.40 bits per heavy atom. The maximum atomic E-state index is 12.0. The first-order valence-corrected chi connectivity index (χ1v) is 6.48. The zero-order valence-electron chi connectivity index (χ0n) is 11.5. The summed E-state index contributed by atoms with van der Waals surface area (Å²) in [6.45, 7) is 0. The van der Waals surface area contributed by atoms with E-state index in [1.54, 1.807) is 18.0 Å². The largest absolute Gasteiger partial charge is 0.496 e. The number of carbonyl (C=O) groups excluding carboxylic acids is 1. The lowest BCUT2D eigenvalue weighted by Gasteiger charge is -2.34. The van der Waals surface area contributed by atoms with Crippen LogP contribution in [0.2, 0.25) is 0 Å². The van der Waals surface area contributed by atoms with Crippen molar-refractivity contribution >= 4 is 17.7 Å². The fourth-order valence-electron chi connectivity index (χ4n) is 2.10. The molecule has 1 aliphatic rings. The molecule has 1 fully saturated rings. The van der Waals surface area contributed by atoms with Crippen molar-refractivity contribution in [3.8, 4) is 5.75 Å². The van der Waals surface area contributed by atoms with Gasteiger partial charge in [-0.15, -0.1) is 0 Å². The highest BCUT2D eigenvalue weighted by atomic mass is 16.5. The van der Waals surface area contributed by atoms with E-state index in [0.29, 0.717) is 11.7 Å². The van der Waals surface area contributed by atoms with E-state index in [4.69, 9.17) is 9.84 Å². The lowest BCUT2D eigenvalue weighted by molar-refractivity contribution is 0.0693. The number of hydrogen-bond donors (Lipinski definition) is 2. The van der Waals surface area contributed by atoms with Crippen molar-refractivity contribution < 1.29 is 19.4 Å². The van der Waals surface area contributed by atoms with E-state index in [2.05, 4.69) is 5.32 Å². The van der Waals surface area contributed by atoms with Crippen molar-refractivity contribution in [2.45, 2.75) is 25.3 Å². The van der Waals surface area contributed by atoms with E-state index in [9.17, 15) is 9.59 Å². The van der Waals surface area contributed by atoms with Gasteiger partial charge in [-0.05, 0) is 31.4 Å². The van der Waals surface area contributed by atoms with E-state index < -0.39 is 5.97 Å². The summed E-state index contributed by atoms with van der Waals surface area (Å²) >= 11 is 0. The maximum absolute atomic E-state index is 12.0. The third-order valence-electron chi connectivity index (χ3n) is 3.63. The second-order valence-electron chi connectivity index (χ2n) is 4.85. The molecule has 0 heterocycles. The standard InChI is InChI=1S/C14H18N2O4/c1-16(10-4-3-5-10)14(19)15-9-6-7-11(13(17)18)12(8-9)20-2/h6-8,10H,3-5H2,1-2H3,(H,15,19)(H,17,18). The van der Waals surface area contributed by atoms with Crippen LogP contribution in [-0.2, 0) is 0 Å². The Kier molecular flexibility index (Phi) is 4.12. The van der Waals surface area contributed by atoms with Crippen LogP contribution in [0, 0.1) is 0 Å². The number of hydrogen-bond acceptors (Lipinski definition) is 3. The minimum Gasteiger partial charge on any atom is -0.496 e. The maximum Gasteiger partial charge on any atom is 0.339 e. The van der Waals surface area contributed by atoms with Crippen molar-refractivity contribution in [1.29, 1.82) is 0 Å². The fourth-order valence-corrected chi connectivity index (χ4v) is 2.10. The van der Waals surface area contributed by atoms with Gasteiger partial charge in [0.2, 0.25) is 0 Å². The Morgan fingerprint density at radius 2 is 2.10 bits per heavy atom. The molecule has 1 saturated carbocycles. The molecule has 1 aromatic carbocycles. The monoisotopic (exact) mass is 278 g/mol. The van der Waals surface area contributed by atoms with Crippen molar-refractivity contribution in [2.75, 3.05) is 19.5 Å². The van der Waals surface area contributed by atoms with E-state index in [1.165, 1.54) is 19.2 Å². The average Bonchev–Trinajstić information content (AvgIpc) is 2.36. The number of ether oxygens (including phenoxy) is 1. The van der Waals surface area contributed by atoms with Gasteiger partial charge in [-0.25, -0.2) is 9.59 Å². The summed E-state index contributed by atoms with van der Waals surface area (Å²) in [7, 11) is 3.16. The highest BCUT2D eigenvalue weighted by Gasteiger charge is 2.25. The molecule has 20 heavy (non-hydrogen) atoms. The van der Waals surface area contributed by atoms with Gasteiger partial charge in [0, 0.05) is 24.8 Å². The van der Waals surface area contributed by atoms with Crippen LogP contribution in [0.3, 0.4) is 0 Å². The molecule has 6 nitrogen and oxygen atoms in total. The van der Waals surface area contributed by atoms with E-state index >= 15 is 0 Å². The molecular weight excluding hydrogens is 260 g/mol. The minimum absolute atomic E-state index is 0.0675. The summed E-state index contributed by atoms with van der Waals surface area (Å²) in [5.41, 5.74) is 0.584. The highest BCUT2D eigenvalue weighted by molar-refractivity contribution is 5.94. The predicted octanol–water partition coefficient (Wildman–Crippen LogP) is 2.41. The average molecular weight is 278 g/mol. The molecule has 0 spiro atoms. The summed E-state index contributed by atoms with van der Waals surface area (Å²) in [5, 5.41) is 11.7. The molecule has 1 aliphatic carbocycles. The van der Waals surface area contributed by atoms with Crippen LogP contribution < -0.4 is 10.1 Å². The Balaban J connectivity index is 2.09. The molecule has 6 heteroatoms. The third kappa shape index (κ3) is 2.84. The molecule has 0 saturated heterocycles. The zero-order chi connectivity index (χ0) is 14.7. The van der Waals surface area contributed by atoms with Crippen molar-refractivity contribution in [3.63, 3.8) is 0 Å². The highest BCUT2D eigenvalue weighted by Crippen LogP contribution is 2.26. The number of carboxylic acids is 1. The number of methoxy groups -OCH3 is 1. The second kappa shape index (κ2) is 5.81. The van der Waals surface area contributed by atoms with Gasteiger partial charge < -0.3 is 20.1 Å². The normalized spacial score (nSPS) is 14.3. The summed E-state index contributed by atoms with van der Waals surface area (Å²) in [5.74, 6) is -0.840. The Hall–Kier alpha value is -2.24. The molecule has 0 radical (unpaired) electrons. The van der Waals surface area contributed by atoms with Gasteiger partial charge >= 0.3 is 12.0 Å². The van der Waals surface area contributed by atoms with Crippen LogP contribution in [0.4, 0.5) is 10.5 Å².